The number of carbonyl (C=O) groups excluding carboxylic acids is 1. The summed E-state index contributed by atoms with van der Waals surface area (Å²) in [5, 5.41) is 3.20. The van der Waals surface area contributed by atoms with E-state index in [1.54, 1.807) is 0 Å². The van der Waals surface area contributed by atoms with E-state index in [-0.39, 0.29) is 23.7 Å². The Morgan fingerprint density at radius 3 is 2.50 bits per heavy atom. The Hall–Kier alpha value is -0.280. The molecule has 0 heterocycles. The van der Waals surface area contributed by atoms with Crippen LogP contribution in [0.1, 0.15) is 65.2 Å². The van der Waals surface area contributed by atoms with E-state index in [2.05, 4.69) is 19.2 Å². The van der Waals surface area contributed by atoms with E-state index >= 15 is 0 Å². The highest BCUT2D eigenvalue weighted by molar-refractivity contribution is 5.85. The fourth-order valence-electron chi connectivity index (χ4n) is 2.64. The van der Waals surface area contributed by atoms with Crippen molar-refractivity contribution in [2.45, 2.75) is 71.3 Å². The van der Waals surface area contributed by atoms with Crippen molar-refractivity contribution in [1.82, 2.24) is 5.32 Å². The third-order valence-corrected chi connectivity index (χ3v) is 3.95. The summed E-state index contributed by atoms with van der Waals surface area (Å²) in [5.74, 6) is 0.234. The highest BCUT2D eigenvalue weighted by atomic mass is 35.5. The number of hydrogen-bond donors (Lipinski definition) is 2. The Balaban J connectivity index is 0.00000289. The molecule has 0 saturated heterocycles. The lowest BCUT2D eigenvalue weighted by atomic mass is 9.87. The molecule has 0 bridgehead atoms. The Labute approximate surface area is 118 Å². The highest BCUT2D eigenvalue weighted by Gasteiger charge is 2.35. The van der Waals surface area contributed by atoms with Crippen LogP contribution in [0.2, 0.25) is 0 Å². The van der Waals surface area contributed by atoms with Gasteiger partial charge in [-0.15, -0.1) is 12.4 Å². The minimum atomic E-state index is 0. The number of amides is 1. The van der Waals surface area contributed by atoms with Crippen molar-refractivity contribution < 1.29 is 4.79 Å². The first-order valence-corrected chi connectivity index (χ1v) is 7.06. The number of halogens is 1. The number of unbranched alkanes of at least 4 members (excludes halogenated alkanes) is 3. The Morgan fingerprint density at radius 2 is 1.94 bits per heavy atom. The van der Waals surface area contributed by atoms with E-state index in [1.807, 2.05) is 0 Å². The third kappa shape index (κ3) is 6.05. The maximum Gasteiger partial charge on any atom is 0.220 e. The lowest BCUT2D eigenvalue weighted by Gasteiger charge is -2.27. The summed E-state index contributed by atoms with van der Waals surface area (Å²) >= 11 is 0. The standard InChI is InChI=1S/C14H28N2O.ClH/c1-14(2)10-7-8-12(14)16-13(17)9-5-3-4-6-11-15;/h12H,3-11,15H2,1-2H3,(H,16,17);1H. The molecule has 3 nitrogen and oxygen atoms in total. The fourth-order valence-corrected chi connectivity index (χ4v) is 2.64. The molecule has 0 spiro atoms. The second-order valence-corrected chi connectivity index (χ2v) is 5.95. The molecule has 108 valence electrons. The summed E-state index contributed by atoms with van der Waals surface area (Å²) in [7, 11) is 0. The highest BCUT2D eigenvalue weighted by Crippen LogP contribution is 2.37. The first-order valence-electron chi connectivity index (χ1n) is 7.06. The summed E-state index contributed by atoms with van der Waals surface area (Å²) in [6, 6.07) is 0.388. The summed E-state index contributed by atoms with van der Waals surface area (Å²) in [6.45, 7) is 5.28. The van der Waals surface area contributed by atoms with E-state index in [1.165, 1.54) is 12.8 Å². The Bertz CT molecular complexity index is 244. The molecule has 1 aliphatic carbocycles. The molecule has 1 amide bonds. The van der Waals surface area contributed by atoms with Crippen LogP contribution in [0.15, 0.2) is 0 Å². The molecule has 18 heavy (non-hydrogen) atoms. The number of hydrogen-bond acceptors (Lipinski definition) is 2. The van der Waals surface area contributed by atoms with Gasteiger partial charge in [0.2, 0.25) is 5.91 Å². The lowest BCUT2D eigenvalue weighted by molar-refractivity contribution is -0.122. The molecule has 3 N–H and O–H groups in total. The molecule has 1 rings (SSSR count). The van der Waals surface area contributed by atoms with Gasteiger partial charge in [-0.05, 0) is 37.6 Å². The van der Waals surface area contributed by atoms with Crippen LogP contribution < -0.4 is 11.1 Å². The second kappa shape index (κ2) is 8.76. The fraction of sp³-hybridized carbons (Fsp3) is 0.929. The molecule has 1 aliphatic rings. The molecule has 0 aliphatic heterocycles. The Kier molecular flexibility index (Phi) is 8.62. The van der Waals surface area contributed by atoms with Crippen molar-refractivity contribution in [2.75, 3.05) is 6.54 Å². The number of nitrogens with two attached hydrogens (primary N) is 1. The molecular formula is C14H29ClN2O. The zero-order valence-electron chi connectivity index (χ0n) is 11.8. The van der Waals surface area contributed by atoms with Crippen molar-refractivity contribution in [3.05, 3.63) is 0 Å². The first kappa shape index (κ1) is 17.7. The predicted molar refractivity (Wildman–Crippen MR) is 79.0 cm³/mol. The first-order chi connectivity index (χ1) is 8.06. The summed E-state index contributed by atoms with van der Waals surface area (Å²) in [5.41, 5.74) is 5.72. The normalized spacial score (nSPS) is 21.4. The molecular weight excluding hydrogens is 248 g/mol. The number of carbonyl (C=O) groups is 1. The summed E-state index contributed by atoms with van der Waals surface area (Å²) < 4.78 is 0. The van der Waals surface area contributed by atoms with Gasteiger partial charge in [0, 0.05) is 12.5 Å². The average molecular weight is 277 g/mol. The van der Waals surface area contributed by atoms with E-state index < -0.39 is 0 Å². The van der Waals surface area contributed by atoms with Crippen LogP contribution in [0, 0.1) is 5.41 Å². The number of nitrogens with one attached hydrogen (secondary N) is 1. The summed E-state index contributed by atoms with van der Waals surface area (Å²) in [6.07, 6.45) is 8.65. The van der Waals surface area contributed by atoms with Crippen molar-refractivity contribution in [1.29, 1.82) is 0 Å². The van der Waals surface area contributed by atoms with Crippen LogP contribution in [-0.4, -0.2) is 18.5 Å². The SMILES string of the molecule is CC1(C)CCCC1NC(=O)CCCCCCN.Cl. The van der Waals surface area contributed by atoms with Gasteiger partial charge in [0.25, 0.3) is 0 Å². The molecule has 0 aromatic carbocycles. The van der Waals surface area contributed by atoms with Crippen LogP contribution >= 0.6 is 12.4 Å². The van der Waals surface area contributed by atoms with Crippen molar-refractivity contribution in [3.63, 3.8) is 0 Å². The Morgan fingerprint density at radius 1 is 1.28 bits per heavy atom. The molecule has 1 unspecified atom stereocenters. The molecule has 4 heteroatoms. The largest absolute Gasteiger partial charge is 0.353 e. The van der Waals surface area contributed by atoms with E-state index in [4.69, 9.17) is 5.73 Å². The van der Waals surface area contributed by atoms with Gasteiger partial charge in [-0.3, -0.25) is 4.79 Å². The molecule has 1 fully saturated rings. The smallest absolute Gasteiger partial charge is 0.220 e. The van der Waals surface area contributed by atoms with Gasteiger partial charge in [0.1, 0.15) is 0 Å². The molecule has 0 aromatic rings. The van der Waals surface area contributed by atoms with E-state index in [0.717, 1.165) is 38.6 Å². The summed E-state index contributed by atoms with van der Waals surface area (Å²) in [4.78, 5) is 11.8. The van der Waals surface area contributed by atoms with Gasteiger partial charge in [0.05, 0.1) is 0 Å². The van der Waals surface area contributed by atoms with Crippen molar-refractivity contribution in [3.8, 4) is 0 Å². The zero-order chi connectivity index (χ0) is 12.7. The topological polar surface area (TPSA) is 55.1 Å². The van der Waals surface area contributed by atoms with Crippen molar-refractivity contribution >= 4 is 18.3 Å². The van der Waals surface area contributed by atoms with Crippen LogP contribution in [0.3, 0.4) is 0 Å². The third-order valence-electron chi connectivity index (χ3n) is 3.95. The number of rotatable bonds is 7. The molecule has 1 saturated carbocycles. The minimum Gasteiger partial charge on any atom is -0.353 e. The van der Waals surface area contributed by atoms with Gasteiger partial charge in [-0.1, -0.05) is 33.1 Å². The van der Waals surface area contributed by atoms with E-state index in [0.29, 0.717) is 12.5 Å². The van der Waals surface area contributed by atoms with E-state index in [9.17, 15) is 4.79 Å². The zero-order valence-corrected chi connectivity index (χ0v) is 12.7. The van der Waals surface area contributed by atoms with Gasteiger partial charge >= 0.3 is 0 Å². The maximum absolute atomic E-state index is 11.8. The van der Waals surface area contributed by atoms with Gasteiger partial charge < -0.3 is 11.1 Å². The molecule has 0 aromatic heterocycles. The maximum atomic E-state index is 11.8. The quantitative estimate of drug-likeness (QED) is 0.703. The molecule has 0 radical (unpaired) electrons. The molecule has 1 atom stereocenters. The van der Waals surface area contributed by atoms with Crippen LogP contribution in [0.4, 0.5) is 0 Å². The van der Waals surface area contributed by atoms with Crippen LogP contribution in [0.25, 0.3) is 0 Å². The lowest BCUT2D eigenvalue weighted by Crippen LogP contribution is -2.41. The second-order valence-electron chi connectivity index (χ2n) is 5.95. The minimum absolute atomic E-state index is 0. The van der Waals surface area contributed by atoms with Gasteiger partial charge in [-0.2, -0.15) is 0 Å². The van der Waals surface area contributed by atoms with Crippen molar-refractivity contribution in [2.24, 2.45) is 11.1 Å². The van der Waals surface area contributed by atoms with Crippen LogP contribution in [-0.2, 0) is 4.79 Å². The predicted octanol–water partition coefficient (Wildman–Crippen LogP) is 3.01. The van der Waals surface area contributed by atoms with Gasteiger partial charge in [0.15, 0.2) is 0 Å². The average Bonchev–Trinajstić information content (AvgIpc) is 2.58. The van der Waals surface area contributed by atoms with Crippen LogP contribution in [0.5, 0.6) is 0 Å². The van der Waals surface area contributed by atoms with Gasteiger partial charge in [-0.25, -0.2) is 0 Å². The monoisotopic (exact) mass is 276 g/mol.